The van der Waals surface area contributed by atoms with Gasteiger partial charge in [-0.15, -0.1) is 0 Å². The van der Waals surface area contributed by atoms with Crippen molar-refractivity contribution in [2.24, 2.45) is 0 Å². The molecule has 0 radical (unpaired) electrons. The summed E-state index contributed by atoms with van der Waals surface area (Å²) in [7, 11) is 0. The molecule has 102 valence electrons. The number of aromatic carboxylic acids is 1. The molecule has 0 saturated carbocycles. The molecule has 2 heterocycles. The Balaban J connectivity index is 1.88. The molecule has 5 heteroatoms. The fourth-order valence-corrected chi connectivity index (χ4v) is 2.63. The summed E-state index contributed by atoms with van der Waals surface area (Å²) in [6.45, 7) is 4.31. The van der Waals surface area contributed by atoms with Gasteiger partial charge in [-0.05, 0) is 48.7 Å². The molecule has 0 bridgehead atoms. The van der Waals surface area contributed by atoms with E-state index in [0.717, 1.165) is 6.42 Å². The minimum Gasteiger partial charge on any atom is -0.478 e. The highest BCUT2D eigenvalue weighted by Crippen LogP contribution is 2.15. The van der Waals surface area contributed by atoms with Crippen molar-refractivity contribution in [3.63, 3.8) is 0 Å². The summed E-state index contributed by atoms with van der Waals surface area (Å²) >= 11 is 1.69. The van der Waals surface area contributed by atoms with E-state index in [0.29, 0.717) is 24.1 Å². The van der Waals surface area contributed by atoms with Crippen LogP contribution in [0.4, 0.5) is 0 Å². The highest BCUT2D eigenvalue weighted by Gasteiger charge is 2.14. The Kier molecular flexibility index (Phi) is 4.39. The van der Waals surface area contributed by atoms with E-state index < -0.39 is 5.97 Å². The summed E-state index contributed by atoms with van der Waals surface area (Å²) in [5.74, 6) is 0.167. The van der Waals surface area contributed by atoms with Gasteiger partial charge in [-0.2, -0.15) is 11.3 Å². The third-order valence-corrected chi connectivity index (χ3v) is 3.68. The van der Waals surface area contributed by atoms with Gasteiger partial charge in [-0.1, -0.05) is 0 Å². The molecule has 0 spiro atoms. The van der Waals surface area contributed by atoms with Gasteiger partial charge in [-0.3, -0.25) is 0 Å². The topological polar surface area (TPSA) is 62.5 Å². The van der Waals surface area contributed by atoms with Crippen molar-refractivity contribution in [1.29, 1.82) is 0 Å². The van der Waals surface area contributed by atoms with Crippen molar-refractivity contribution in [2.45, 2.75) is 32.9 Å². The molecule has 2 aromatic rings. The van der Waals surface area contributed by atoms with E-state index in [9.17, 15) is 4.79 Å². The lowest BCUT2D eigenvalue weighted by Crippen LogP contribution is -2.27. The maximum atomic E-state index is 10.9. The molecule has 0 saturated heterocycles. The third-order valence-electron chi connectivity index (χ3n) is 2.95. The lowest BCUT2D eigenvalue weighted by Gasteiger charge is -2.11. The minimum absolute atomic E-state index is 0.238. The molecule has 19 heavy (non-hydrogen) atoms. The van der Waals surface area contributed by atoms with E-state index in [1.165, 1.54) is 5.56 Å². The molecule has 4 nitrogen and oxygen atoms in total. The van der Waals surface area contributed by atoms with Gasteiger partial charge in [0.1, 0.15) is 17.1 Å². The SMILES string of the molecule is Cc1oc(CNC(C)Cc2ccsc2)cc1C(=O)O. The Labute approximate surface area is 116 Å². The minimum atomic E-state index is -0.946. The van der Waals surface area contributed by atoms with E-state index in [-0.39, 0.29) is 5.56 Å². The molecule has 2 aromatic heterocycles. The Morgan fingerprint density at radius 3 is 2.95 bits per heavy atom. The van der Waals surface area contributed by atoms with Crippen LogP contribution in [-0.2, 0) is 13.0 Å². The van der Waals surface area contributed by atoms with Crippen molar-refractivity contribution < 1.29 is 14.3 Å². The number of carboxylic acid groups (broad SMARTS) is 1. The zero-order valence-electron chi connectivity index (χ0n) is 11.0. The predicted molar refractivity (Wildman–Crippen MR) is 74.7 cm³/mol. The number of furan rings is 1. The number of rotatable bonds is 6. The van der Waals surface area contributed by atoms with Gasteiger partial charge in [0, 0.05) is 6.04 Å². The zero-order chi connectivity index (χ0) is 13.8. The fourth-order valence-electron chi connectivity index (χ4n) is 1.95. The van der Waals surface area contributed by atoms with E-state index in [4.69, 9.17) is 9.52 Å². The second kappa shape index (κ2) is 6.04. The second-order valence-corrected chi connectivity index (χ2v) is 5.39. The first-order chi connectivity index (χ1) is 9.06. The van der Waals surface area contributed by atoms with E-state index in [1.807, 2.05) is 0 Å². The smallest absolute Gasteiger partial charge is 0.339 e. The second-order valence-electron chi connectivity index (χ2n) is 4.61. The molecule has 2 rings (SSSR count). The van der Waals surface area contributed by atoms with Crippen LogP contribution in [-0.4, -0.2) is 17.1 Å². The average molecular weight is 279 g/mol. The molecule has 2 N–H and O–H groups in total. The first-order valence-corrected chi connectivity index (χ1v) is 7.07. The summed E-state index contributed by atoms with van der Waals surface area (Å²) in [5.41, 5.74) is 1.55. The van der Waals surface area contributed by atoms with Gasteiger partial charge >= 0.3 is 5.97 Å². The summed E-state index contributed by atoms with van der Waals surface area (Å²) in [5, 5.41) is 16.5. The van der Waals surface area contributed by atoms with Gasteiger partial charge in [0.15, 0.2) is 0 Å². The van der Waals surface area contributed by atoms with E-state index >= 15 is 0 Å². The van der Waals surface area contributed by atoms with Gasteiger partial charge in [0.25, 0.3) is 0 Å². The van der Waals surface area contributed by atoms with Crippen LogP contribution in [0, 0.1) is 6.92 Å². The van der Waals surface area contributed by atoms with Crippen LogP contribution in [0.3, 0.4) is 0 Å². The van der Waals surface area contributed by atoms with E-state index in [1.54, 1.807) is 24.3 Å². The van der Waals surface area contributed by atoms with Crippen molar-refractivity contribution >= 4 is 17.3 Å². The summed E-state index contributed by atoms with van der Waals surface area (Å²) in [4.78, 5) is 10.9. The van der Waals surface area contributed by atoms with Crippen LogP contribution < -0.4 is 5.32 Å². The van der Waals surface area contributed by atoms with Crippen molar-refractivity contribution in [3.8, 4) is 0 Å². The number of thiophene rings is 1. The van der Waals surface area contributed by atoms with Crippen molar-refractivity contribution in [1.82, 2.24) is 5.32 Å². The summed E-state index contributed by atoms with van der Waals surface area (Å²) in [6.07, 6.45) is 0.953. The standard InChI is InChI=1S/C14H17NO3S/c1-9(5-11-3-4-19-8-11)15-7-12-6-13(14(16)17)10(2)18-12/h3-4,6,8-9,15H,5,7H2,1-2H3,(H,16,17). The molecule has 0 aliphatic heterocycles. The Bertz CT molecular complexity index is 545. The van der Waals surface area contributed by atoms with Crippen LogP contribution >= 0.6 is 11.3 Å². The summed E-state index contributed by atoms with van der Waals surface area (Å²) in [6, 6.07) is 4.01. The van der Waals surface area contributed by atoms with Crippen LogP contribution in [0.1, 0.15) is 34.4 Å². The zero-order valence-corrected chi connectivity index (χ0v) is 11.8. The summed E-state index contributed by atoms with van der Waals surface area (Å²) < 4.78 is 5.42. The quantitative estimate of drug-likeness (QED) is 0.853. The van der Waals surface area contributed by atoms with E-state index in [2.05, 4.69) is 29.1 Å². The molecule has 0 fully saturated rings. The first-order valence-electron chi connectivity index (χ1n) is 6.13. The average Bonchev–Trinajstić information content (AvgIpc) is 2.96. The maximum absolute atomic E-state index is 10.9. The van der Waals surface area contributed by atoms with Gasteiger partial charge in [0.05, 0.1) is 6.54 Å². The molecule has 1 atom stereocenters. The molecule has 0 aliphatic carbocycles. The van der Waals surface area contributed by atoms with Crippen LogP contribution in [0.25, 0.3) is 0 Å². The maximum Gasteiger partial charge on any atom is 0.339 e. The monoisotopic (exact) mass is 279 g/mol. The number of carbonyl (C=O) groups is 1. The fraction of sp³-hybridized carbons (Fsp3) is 0.357. The van der Waals surface area contributed by atoms with Crippen LogP contribution in [0.5, 0.6) is 0 Å². The number of hydrogen-bond acceptors (Lipinski definition) is 4. The Morgan fingerprint density at radius 2 is 2.37 bits per heavy atom. The molecule has 1 unspecified atom stereocenters. The predicted octanol–water partition coefficient (Wildman–Crippen LogP) is 3.07. The van der Waals surface area contributed by atoms with Crippen LogP contribution in [0.2, 0.25) is 0 Å². The highest BCUT2D eigenvalue weighted by atomic mass is 32.1. The number of carboxylic acids is 1. The lowest BCUT2D eigenvalue weighted by atomic mass is 10.1. The number of aryl methyl sites for hydroxylation is 1. The number of nitrogens with one attached hydrogen (secondary N) is 1. The normalized spacial score (nSPS) is 12.5. The molecule has 0 amide bonds. The Hall–Kier alpha value is -1.59. The third kappa shape index (κ3) is 3.68. The van der Waals surface area contributed by atoms with Gasteiger partial charge in [-0.25, -0.2) is 4.79 Å². The van der Waals surface area contributed by atoms with Crippen LogP contribution in [0.15, 0.2) is 27.3 Å². The molecule has 0 aliphatic rings. The largest absolute Gasteiger partial charge is 0.478 e. The van der Waals surface area contributed by atoms with Gasteiger partial charge in [0.2, 0.25) is 0 Å². The highest BCUT2D eigenvalue weighted by molar-refractivity contribution is 7.07. The molecule has 0 aromatic carbocycles. The van der Waals surface area contributed by atoms with Gasteiger partial charge < -0.3 is 14.8 Å². The molecular formula is C14H17NO3S. The lowest BCUT2D eigenvalue weighted by molar-refractivity contribution is 0.0695. The Morgan fingerprint density at radius 1 is 1.58 bits per heavy atom. The first kappa shape index (κ1) is 13.8. The van der Waals surface area contributed by atoms with Crippen molar-refractivity contribution in [2.75, 3.05) is 0 Å². The molecular weight excluding hydrogens is 262 g/mol. The van der Waals surface area contributed by atoms with Crippen molar-refractivity contribution in [3.05, 3.63) is 45.5 Å². The number of hydrogen-bond donors (Lipinski definition) is 2.